The summed E-state index contributed by atoms with van der Waals surface area (Å²) >= 11 is 0.987. The van der Waals surface area contributed by atoms with Gasteiger partial charge in [0.1, 0.15) is 5.75 Å². The molecule has 0 unspecified atom stereocenters. The van der Waals surface area contributed by atoms with Crippen LogP contribution in [0.15, 0.2) is 24.3 Å². The molecule has 0 spiro atoms. The van der Waals surface area contributed by atoms with Crippen molar-refractivity contribution in [3.8, 4) is 5.75 Å². The molecule has 1 N–H and O–H groups in total. The number of carbonyl (C=O) groups is 3. The van der Waals surface area contributed by atoms with E-state index in [1.807, 2.05) is 4.90 Å². The molecule has 1 aromatic heterocycles. The normalized spacial score (nSPS) is 16.8. The smallest absolute Gasteiger partial charge is 0.286 e. The van der Waals surface area contributed by atoms with E-state index in [4.69, 9.17) is 4.74 Å². The third kappa shape index (κ3) is 5.24. The van der Waals surface area contributed by atoms with Gasteiger partial charge in [-0.3, -0.25) is 14.4 Å². The third-order valence-electron chi connectivity index (χ3n) is 5.97. The van der Waals surface area contributed by atoms with E-state index in [2.05, 4.69) is 15.5 Å². The molecular weight excluding hydrogens is 430 g/mol. The molecule has 3 heterocycles. The number of amides is 3. The fourth-order valence-corrected chi connectivity index (χ4v) is 4.78. The number of hydrogen-bond acceptors (Lipinski definition) is 7. The van der Waals surface area contributed by atoms with Crippen molar-refractivity contribution < 1.29 is 19.1 Å². The second-order valence-corrected chi connectivity index (χ2v) is 9.10. The van der Waals surface area contributed by atoms with Gasteiger partial charge in [0.2, 0.25) is 15.9 Å². The SMILES string of the molecule is COc1ccc(NC(=O)c2nnc(C(=O)N3CCC(CC(=O)N4CCCC4)CC3)s2)cc1. The van der Waals surface area contributed by atoms with Crippen LogP contribution in [0.25, 0.3) is 0 Å². The molecule has 2 fully saturated rings. The molecule has 2 aliphatic rings. The van der Waals surface area contributed by atoms with Gasteiger partial charge in [-0.05, 0) is 55.9 Å². The van der Waals surface area contributed by atoms with Crippen LogP contribution in [0.3, 0.4) is 0 Å². The zero-order chi connectivity index (χ0) is 22.5. The molecule has 32 heavy (non-hydrogen) atoms. The quantitative estimate of drug-likeness (QED) is 0.715. The summed E-state index contributed by atoms with van der Waals surface area (Å²) in [4.78, 5) is 41.3. The highest BCUT2D eigenvalue weighted by Gasteiger charge is 2.29. The lowest BCUT2D eigenvalue weighted by atomic mass is 9.93. The molecule has 2 aliphatic heterocycles. The van der Waals surface area contributed by atoms with Crippen molar-refractivity contribution in [1.82, 2.24) is 20.0 Å². The van der Waals surface area contributed by atoms with Crippen molar-refractivity contribution >= 4 is 34.7 Å². The largest absolute Gasteiger partial charge is 0.497 e. The summed E-state index contributed by atoms with van der Waals surface area (Å²) in [6, 6.07) is 6.94. The molecule has 4 rings (SSSR count). The standard InChI is InChI=1S/C22H27N5O4S/c1-31-17-6-4-16(5-7-17)23-19(29)20-24-25-21(32-20)22(30)27-12-8-15(9-13-27)14-18(28)26-10-2-3-11-26/h4-7,15H,2-3,8-14H2,1H3,(H,23,29). The van der Waals surface area contributed by atoms with Crippen LogP contribution >= 0.6 is 11.3 Å². The van der Waals surface area contributed by atoms with Crippen molar-refractivity contribution in [3.63, 3.8) is 0 Å². The lowest BCUT2D eigenvalue weighted by Gasteiger charge is -2.31. The first-order valence-corrected chi connectivity index (χ1v) is 11.7. The Labute approximate surface area is 190 Å². The summed E-state index contributed by atoms with van der Waals surface area (Å²) in [5, 5.41) is 10.9. The molecule has 1 aromatic carbocycles. The summed E-state index contributed by atoms with van der Waals surface area (Å²) < 4.78 is 5.10. The summed E-state index contributed by atoms with van der Waals surface area (Å²) in [7, 11) is 1.57. The van der Waals surface area contributed by atoms with Crippen LogP contribution in [-0.4, -0.2) is 71.0 Å². The Bertz CT molecular complexity index is 963. The highest BCUT2D eigenvalue weighted by atomic mass is 32.1. The first-order chi connectivity index (χ1) is 15.5. The lowest BCUT2D eigenvalue weighted by molar-refractivity contribution is -0.131. The van der Waals surface area contributed by atoms with E-state index in [1.165, 1.54) is 0 Å². The maximum absolute atomic E-state index is 12.8. The van der Waals surface area contributed by atoms with Crippen LogP contribution in [0, 0.1) is 5.92 Å². The lowest BCUT2D eigenvalue weighted by Crippen LogP contribution is -2.40. The second-order valence-electron chi connectivity index (χ2n) is 8.12. The Kier molecular flexibility index (Phi) is 6.99. The van der Waals surface area contributed by atoms with Gasteiger partial charge in [0.05, 0.1) is 7.11 Å². The Morgan fingerprint density at radius 1 is 1.00 bits per heavy atom. The van der Waals surface area contributed by atoms with Crippen molar-refractivity contribution in [1.29, 1.82) is 0 Å². The van der Waals surface area contributed by atoms with Crippen molar-refractivity contribution in [3.05, 3.63) is 34.3 Å². The average molecular weight is 458 g/mol. The number of methoxy groups -OCH3 is 1. The number of hydrogen-bond donors (Lipinski definition) is 1. The van der Waals surface area contributed by atoms with Crippen molar-refractivity contribution in [2.45, 2.75) is 32.1 Å². The van der Waals surface area contributed by atoms with Crippen molar-refractivity contribution in [2.75, 3.05) is 38.6 Å². The molecule has 9 nitrogen and oxygen atoms in total. The van der Waals surface area contributed by atoms with Gasteiger partial charge in [0, 0.05) is 38.3 Å². The van der Waals surface area contributed by atoms with E-state index < -0.39 is 5.91 Å². The molecule has 0 saturated carbocycles. The molecule has 10 heteroatoms. The summed E-state index contributed by atoms with van der Waals surface area (Å²) in [6.45, 7) is 2.93. The van der Waals surface area contributed by atoms with E-state index in [-0.39, 0.29) is 21.8 Å². The van der Waals surface area contributed by atoms with Gasteiger partial charge in [-0.25, -0.2) is 0 Å². The highest BCUT2D eigenvalue weighted by molar-refractivity contribution is 7.15. The topological polar surface area (TPSA) is 105 Å². The van der Waals surface area contributed by atoms with E-state index in [9.17, 15) is 14.4 Å². The first kappa shape index (κ1) is 22.2. The number of aromatic nitrogens is 2. The zero-order valence-corrected chi connectivity index (χ0v) is 18.9. The molecule has 2 aromatic rings. The van der Waals surface area contributed by atoms with Crippen LogP contribution in [0.1, 0.15) is 51.7 Å². The number of benzene rings is 1. The van der Waals surface area contributed by atoms with Gasteiger partial charge in [-0.1, -0.05) is 11.3 Å². The Morgan fingerprint density at radius 3 is 2.31 bits per heavy atom. The summed E-state index contributed by atoms with van der Waals surface area (Å²) in [5.41, 5.74) is 0.601. The second kappa shape index (κ2) is 10.1. The fourth-order valence-electron chi connectivity index (χ4n) is 4.08. The van der Waals surface area contributed by atoms with Gasteiger partial charge < -0.3 is 19.9 Å². The Balaban J connectivity index is 1.28. The number of carbonyl (C=O) groups excluding carboxylic acids is 3. The predicted molar refractivity (Wildman–Crippen MR) is 120 cm³/mol. The third-order valence-corrected chi connectivity index (χ3v) is 6.88. The van der Waals surface area contributed by atoms with Crippen LogP contribution in [-0.2, 0) is 4.79 Å². The Hall–Kier alpha value is -3.01. The van der Waals surface area contributed by atoms with Gasteiger partial charge >= 0.3 is 0 Å². The number of rotatable bonds is 6. The molecule has 0 aliphatic carbocycles. The molecule has 0 bridgehead atoms. The monoisotopic (exact) mass is 457 g/mol. The Morgan fingerprint density at radius 2 is 1.66 bits per heavy atom. The molecule has 170 valence electrons. The van der Waals surface area contributed by atoms with Crippen LogP contribution in [0.5, 0.6) is 5.75 Å². The van der Waals surface area contributed by atoms with E-state index in [0.717, 1.165) is 50.1 Å². The average Bonchev–Trinajstić information content (AvgIpc) is 3.52. The number of likely N-dealkylation sites (tertiary alicyclic amines) is 2. The number of piperidine rings is 1. The van der Waals surface area contributed by atoms with Gasteiger partial charge in [-0.15, -0.1) is 10.2 Å². The minimum Gasteiger partial charge on any atom is -0.497 e. The van der Waals surface area contributed by atoms with Gasteiger partial charge in [0.25, 0.3) is 11.8 Å². The van der Waals surface area contributed by atoms with E-state index >= 15 is 0 Å². The summed E-state index contributed by atoms with van der Waals surface area (Å²) in [6.07, 6.45) is 4.36. The minimum atomic E-state index is -0.411. The van der Waals surface area contributed by atoms with Crippen LogP contribution in [0.2, 0.25) is 0 Å². The molecule has 0 atom stereocenters. The van der Waals surface area contributed by atoms with Gasteiger partial charge in [0.15, 0.2) is 0 Å². The van der Waals surface area contributed by atoms with E-state index in [0.29, 0.717) is 36.9 Å². The van der Waals surface area contributed by atoms with Crippen molar-refractivity contribution in [2.24, 2.45) is 5.92 Å². The molecule has 0 radical (unpaired) electrons. The zero-order valence-electron chi connectivity index (χ0n) is 18.1. The number of nitrogens with zero attached hydrogens (tertiary/aromatic N) is 4. The maximum Gasteiger partial charge on any atom is 0.286 e. The highest BCUT2D eigenvalue weighted by Crippen LogP contribution is 2.25. The number of ether oxygens (including phenoxy) is 1. The number of nitrogens with one attached hydrogen (secondary N) is 1. The predicted octanol–water partition coefficient (Wildman–Crippen LogP) is 2.66. The molecular formula is C22H27N5O4S. The fraction of sp³-hybridized carbons (Fsp3) is 0.500. The van der Waals surface area contributed by atoms with Gasteiger partial charge in [-0.2, -0.15) is 0 Å². The minimum absolute atomic E-state index is 0.135. The van der Waals surface area contributed by atoms with Crippen LogP contribution < -0.4 is 10.1 Å². The summed E-state index contributed by atoms with van der Waals surface area (Å²) in [5.74, 6) is 0.619. The van der Waals surface area contributed by atoms with E-state index in [1.54, 1.807) is 36.3 Å². The maximum atomic E-state index is 12.8. The molecule has 3 amide bonds. The van der Waals surface area contributed by atoms with Crippen LogP contribution in [0.4, 0.5) is 5.69 Å². The number of anilines is 1. The first-order valence-electron chi connectivity index (χ1n) is 10.9. The molecule has 2 saturated heterocycles.